The zero-order valence-electron chi connectivity index (χ0n) is 15.3. The second-order valence-electron chi connectivity index (χ2n) is 5.59. The monoisotopic (exact) mass is 414 g/mol. The number of hydrogen-bond donors (Lipinski definition) is 0. The molecule has 0 spiro atoms. The Kier molecular flexibility index (Phi) is 9.93. The lowest BCUT2D eigenvalue weighted by Gasteiger charge is -2.38. The smallest absolute Gasteiger partial charge is 0.210 e. The summed E-state index contributed by atoms with van der Waals surface area (Å²) < 4.78 is 52.0. The second kappa shape index (κ2) is 10.8. The van der Waals surface area contributed by atoms with Gasteiger partial charge in [0.2, 0.25) is 24.1 Å². The maximum Gasteiger partial charge on any atom is 0.237 e. The molecule has 27 heavy (non-hydrogen) atoms. The standard InChI is InChI=1S/C15H22N6O4S2/c1-3-5-15(6-4-2,26(22,23)20(11-7-16)12-8-17)27(24,25)21(13-9-18)14-10-19/h3-6,11-14H2,1-2H3. The molecule has 0 rings (SSSR count). The second-order valence-corrected chi connectivity index (χ2v) is 10.3. The number of nitriles is 4. The quantitative estimate of drug-likeness (QED) is 0.419. The van der Waals surface area contributed by atoms with Crippen LogP contribution in [-0.2, 0) is 20.0 Å². The van der Waals surface area contributed by atoms with E-state index < -0.39 is 50.3 Å². The Morgan fingerprint density at radius 3 is 1.11 bits per heavy atom. The highest BCUT2D eigenvalue weighted by atomic mass is 32.3. The third-order valence-electron chi connectivity index (χ3n) is 3.87. The van der Waals surface area contributed by atoms with Gasteiger partial charge in [0.1, 0.15) is 26.2 Å². The molecule has 0 heterocycles. The fourth-order valence-electron chi connectivity index (χ4n) is 2.77. The van der Waals surface area contributed by atoms with E-state index in [2.05, 4.69) is 0 Å². The number of sulfonamides is 2. The van der Waals surface area contributed by atoms with Crippen LogP contribution in [0.5, 0.6) is 0 Å². The third-order valence-corrected chi connectivity index (χ3v) is 9.71. The van der Waals surface area contributed by atoms with E-state index in [4.69, 9.17) is 21.0 Å². The number of hydrogen-bond acceptors (Lipinski definition) is 8. The van der Waals surface area contributed by atoms with Gasteiger partial charge in [0.05, 0.1) is 24.3 Å². The molecule has 0 aliphatic rings. The first-order chi connectivity index (χ1) is 12.7. The molecular weight excluding hydrogens is 392 g/mol. The number of nitrogens with zero attached hydrogens (tertiary/aromatic N) is 6. The zero-order valence-corrected chi connectivity index (χ0v) is 16.9. The summed E-state index contributed by atoms with van der Waals surface area (Å²) in [4.78, 5) is 0. The summed E-state index contributed by atoms with van der Waals surface area (Å²) in [5.41, 5.74) is 0. The van der Waals surface area contributed by atoms with Gasteiger partial charge in [-0.3, -0.25) is 0 Å². The minimum absolute atomic E-state index is 0.179. The van der Waals surface area contributed by atoms with Gasteiger partial charge in [-0.2, -0.15) is 29.7 Å². The van der Waals surface area contributed by atoms with E-state index in [1.165, 1.54) is 0 Å². The highest BCUT2D eigenvalue weighted by molar-refractivity contribution is 8.08. The highest BCUT2D eigenvalue weighted by Gasteiger charge is 2.58. The summed E-state index contributed by atoms with van der Waals surface area (Å²) in [6.45, 7) is 0.475. The van der Waals surface area contributed by atoms with Gasteiger partial charge >= 0.3 is 0 Å². The van der Waals surface area contributed by atoms with Crippen LogP contribution in [-0.4, -0.2) is 55.7 Å². The van der Waals surface area contributed by atoms with Crippen molar-refractivity contribution in [3.63, 3.8) is 0 Å². The van der Waals surface area contributed by atoms with E-state index in [1.807, 2.05) is 0 Å². The van der Waals surface area contributed by atoms with E-state index in [9.17, 15) is 16.8 Å². The molecule has 0 N–H and O–H groups in total. The molecule has 0 fully saturated rings. The molecule has 0 amide bonds. The first-order valence-corrected chi connectivity index (χ1v) is 11.0. The summed E-state index contributed by atoms with van der Waals surface area (Å²) >= 11 is 0. The first-order valence-electron chi connectivity index (χ1n) is 8.13. The van der Waals surface area contributed by atoms with Crippen LogP contribution in [0.2, 0.25) is 0 Å². The lowest BCUT2D eigenvalue weighted by molar-refractivity contribution is 0.408. The van der Waals surface area contributed by atoms with Crippen LogP contribution in [0.4, 0.5) is 0 Å². The van der Waals surface area contributed by atoms with Gasteiger partial charge in [-0.05, 0) is 12.8 Å². The summed E-state index contributed by atoms with van der Waals surface area (Å²) in [5.74, 6) is 0. The molecule has 0 saturated carbocycles. The van der Waals surface area contributed by atoms with E-state index in [0.29, 0.717) is 8.61 Å². The van der Waals surface area contributed by atoms with E-state index in [1.54, 1.807) is 38.1 Å². The molecule has 0 aliphatic heterocycles. The van der Waals surface area contributed by atoms with E-state index in [0.717, 1.165) is 0 Å². The van der Waals surface area contributed by atoms with Crippen LogP contribution in [0.25, 0.3) is 0 Å². The van der Waals surface area contributed by atoms with Crippen LogP contribution in [0.15, 0.2) is 0 Å². The van der Waals surface area contributed by atoms with Gasteiger partial charge < -0.3 is 0 Å². The average Bonchev–Trinajstić information content (AvgIpc) is 2.60. The van der Waals surface area contributed by atoms with Gasteiger partial charge in [-0.15, -0.1) is 0 Å². The summed E-state index contributed by atoms with van der Waals surface area (Å²) in [6, 6.07) is 6.51. The Balaban J connectivity index is 6.86. The average molecular weight is 415 g/mol. The van der Waals surface area contributed by atoms with Crippen molar-refractivity contribution in [2.75, 3.05) is 26.2 Å². The maximum atomic E-state index is 13.3. The Hall–Kier alpha value is -2.22. The van der Waals surface area contributed by atoms with Crippen molar-refractivity contribution in [3.05, 3.63) is 0 Å². The lowest BCUT2D eigenvalue weighted by Crippen LogP contribution is -2.58. The van der Waals surface area contributed by atoms with E-state index >= 15 is 0 Å². The molecule has 148 valence electrons. The Morgan fingerprint density at radius 1 is 0.667 bits per heavy atom. The van der Waals surface area contributed by atoms with Crippen LogP contribution >= 0.6 is 0 Å². The van der Waals surface area contributed by atoms with Crippen molar-refractivity contribution in [3.8, 4) is 24.3 Å². The largest absolute Gasteiger partial charge is 0.237 e. The minimum Gasteiger partial charge on any atom is -0.210 e. The van der Waals surface area contributed by atoms with Crippen molar-refractivity contribution >= 4 is 20.0 Å². The zero-order chi connectivity index (χ0) is 21.1. The maximum absolute atomic E-state index is 13.3. The Morgan fingerprint density at radius 2 is 0.926 bits per heavy atom. The summed E-state index contributed by atoms with van der Waals surface area (Å²) in [7, 11) is -9.35. The molecule has 0 radical (unpaired) electrons. The molecule has 0 saturated heterocycles. The van der Waals surface area contributed by atoms with Crippen molar-refractivity contribution in [2.24, 2.45) is 0 Å². The van der Waals surface area contributed by atoms with Crippen molar-refractivity contribution in [1.82, 2.24) is 8.61 Å². The Bertz CT molecular complexity index is 765. The summed E-state index contributed by atoms with van der Waals surface area (Å²) in [6.07, 6.45) is -0.241. The van der Waals surface area contributed by atoms with E-state index in [-0.39, 0.29) is 25.7 Å². The van der Waals surface area contributed by atoms with Crippen molar-refractivity contribution in [2.45, 2.75) is 43.6 Å². The van der Waals surface area contributed by atoms with Gasteiger partial charge in [-0.1, -0.05) is 26.7 Å². The molecule has 0 aromatic carbocycles. The highest BCUT2D eigenvalue weighted by Crippen LogP contribution is 2.39. The fourth-order valence-corrected chi connectivity index (χ4v) is 8.17. The molecule has 0 unspecified atom stereocenters. The molecule has 0 atom stereocenters. The van der Waals surface area contributed by atoms with Gasteiger partial charge in [-0.25, -0.2) is 16.8 Å². The summed E-state index contributed by atoms with van der Waals surface area (Å²) in [5, 5.41) is 35.7. The van der Waals surface area contributed by atoms with Crippen molar-refractivity contribution in [1.29, 1.82) is 21.0 Å². The van der Waals surface area contributed by atoms with Crippen LogP contribution < -0.4 is 0 Å². The first kappa shape index (κ1) is 24.8. The number of rotatable bonds is 12. The van der Waals surface area contributed by atoms with Gasteiger partial charge in [0, 0.05) is 0 Å². The molecule has 12 heteroatoms. The SMILES string of the molecule is CCCC(CCC)(S(=O)(=O)N(CC#N)CC#N)S(=O)(=O)N(CC#N)CC#N. The van der Waals surface area contributed by atoms with Gasteiger partial charge in [0.15, 0.2) is 0 Å². The molecule has 0 aliphatic carbocycles. The fraction of sp³-hybridized carbons (Fsp3) is 0.733. The normalized spacial score (nSPS) is 12.1. The van der Waals surface area contributed by atoms with Gasteiger partial charge in [0.25, 0.3) is 0 Å². The van der Waals surface area contributed by atoms with Crippen LogP contribution in [0, 0.1) is 45.3 Å². The molecule has 0 bridgehead atoms. The van der Waals surface area contributed by atoms with Crippen LogP contribution in [0.1, 0.15) is 39.5 Å². The Labute approximate surface area is 160 Å². The predicted octanol–water partition coefficient (Wildman–Crippen LogP) is 0.641. The third kappa shape index (κ3) is 4.94. The molecule has 0 aromatic heterocycles. The lowest BCUT2D eigenvalue weighted by atomic mass is 10.1. The van der Waals surface area contributed by atoms with Crippen molar-refractivity contribution < 1.29 is 16.8 Å². The predicted molar refractivity (Wildman–Crippen MR) is 96.0 cm³/mol. The molecule has 10 nitrogen and oxygen atoms in total. The van der Waals surface area contributed by atoms with Crippen LogP contribution in [0.3, 0.4) is 0 Å². The topological polar surface area (TPSA) is 170 Å². The minimum atomic E-state index is -4.67. The molecule has 0 aromatic rings. The molecular formula is C15H22N6O4S2.